The lowest BCUT2D eigenvalue weighted by Crippen LogP contribution is -2.32. The average Bonchev–Trinajstić information content (AvgIpc) is 3.16. The highest BCUT2D eigenvalue weighted by Gasteiger charge is 2.45. The Morgan fingerprint density at radius 1 is 0.972 bits per heavy atom. The Labute approximate surface area is 210 Å². The second kappa shape index (κ2) is 11.1. The number of ether oxygens (including phenoxy) is 3. The van der Waals surface area contributed by atoms with Crippen LogP contribution in [0, 0.1) is 6.92 Å². The molecule has 1 saturated heterocycles. The van der Waals surface area contributed by atoms with Gasteiger partial charge in [0, 0.05) is 19.2 Å². The van der Waals surface area contributed by atoms with Crippen LogP contribution >= 0.6 is 0 Å². The van der Waals surface area contributed by atoms with Crippen LogP contribution in [-0.4, -0.2) is 49.1 Å². The molecule has 0 aliphatic carbocycles. The van der Waals surface area contributed by atoms with E-state index in [1.807, 2.05) is 49.4 Å². The number of ketones is 1. The number of amides is 1. The number of aryl methyl sites for hydroxylation is 1. The Hall–Kier alpha value is -4.10. The molecule has 1 amide bonds. The van der Waals surface area contributed by atoms with E-state index in [-0.39, 0.29) is 24.5 Å². The van der Waals surface area contributed by atoms with E-state index >= 15 is 0 Å². The van der Waals surface area contributed by atoms with Gasteiger partial charge in [-0.05, 0) is 53.9 Å². The van der Waals surface area contributed by atoms with Gasteiger partial charge in [-0.1, -0.05) is 42.5 Å². The van der Waals surface area contributed by atoms with Gasteiger partial charge in [-0.15, -0.1) is 0 Å². The number of nitrogens with zero attached hydrogens (tertiary/aromatic N) is 1. The number of carbonyl (C=O) groups excluding carboxylic acids is 2. The minimum absolute atomic E-state index is 0.0404. The van der Waals surface area contributed by atoms with Crippen LogP contribution in [0.25, 0.3) is 5.76 Å². The standard InChI is InChI=1S/C29H29NO6/c1-19-17-22(11-14-24(19)35-3)27(31)25-26(30(15-16-34-2)29(33)28(25)32)21-9-12-23(13-10-21)36-18-20-7-5-4-6-8-20/h4-14,17,26,31H,15-16,18H2,1-3H3/b27-25+. The molecule has 1 heterocycles. The molecule has 1 N–H and O–H groups in total. The monoisotopic (exact) mass is 487 g/mol. The zero-order valence-corrected chi connectivity index (χ0v) is 20.6. The van der Waals surface area contributed by atoms with E-state index in [0.717, 1.165) is 11.1 Å². The molecule has 1 aliphatic heterocycles. The van der Waals surface area contributed by atoms with Crippen molar-refractivity contribution in [1.29, 1.82) is 0 Å². The van der Waals surface area contributed by atoms with E-state index < -0.39 is 17.7 Å². The fraction of sp³-hybridized carbons (Fsp3) is 0.241. The third-order valence-corrected chi connectivity index (χ3v) is 6.19. The van der Waals surface area contributed by atoms with Gasteiger partial charge in [-0.2, -0.15) is 0 Å². The molecule has 1 fully saturated rings. The Balaban J connectivity index is 1.69. The highest BCUT2D eigenvalue weighted by Crippen LogP contribution is 2.40. The van der Waals surface area contributed by atoms with Crippen molar-refractivity contribution in [1.82, 2.24) is 4.90 Å². The van der Waals surface area contributed by atoms with Gasteiger partial charge in [0.1, 0.15) is 23.9 Å². The van der Waals surface area contributed by atoms with Crippen molar-refractivity contribution in [2.45, 2.75) is 19.6 Å². The van der Waals surface area contributed by atoms with Gasteiger partial charge in [0.15, 0.2) is 0 Å². The quantitative estimate of drug-likeness (QED) is 0.269. The van der Waals surface area contributed by atoms with E-state index in [4.69, 9.17) is 14.2 Å². The molecule has 186 valence electrons. The van der Waals surface area contributed by atoms with Crippen molar-refractivity contribution in [3.8, 4) is 11.5 Å². The summed E-state index contributed by atoms with van der Waals surface area (Å²) in [6.07, 6.45) is 0. The van der Waals surface area contributed by atoms with Gasteiger partial charge in [0.05, 0.1) is 25.3 Å². The molecule has 7 heteroatoms. The molecule has 0 bridgehead atoms. The van der Waals surface area contributed by atoms with Crippen LogP contribution in [0.1, 0.15) is 28.3 Å². The SMILES string of the molecule is COCCN1C(=O)C(=O)/C(=C(/O)c2ccc(OC)c(C)c2)C1c1ccc(OCc2ccccc2)cc1. The summed E-state index contributed by atoms with van der Waals surface area (Å²) in [5.74, 6) is -0.315. The number of aliphatic hydroxyl groups is 1. The van der Waals surface area contributed by atoms with E-state index in [9.17, 15) is 14.7 Å². The number of aliphatic hydroxyl groups excluding tert-OH is 1. The van der Waals surface area contributed by atoms with Crippen LogP contribution in [0.3, 0.4) is 0 Å². The lowest BCUT2D eigenvalue weighted by molar-refractivity contribution is -0.140. The highest BCUT2D eigenvalue weighted by atomic mass is 16.5. The molecule has 36 heavy (non-hydrogen) atoms. The molecule has 0 saturated carbocycles. The van der Waals surface area contributed by atoms with Gasteiger partial charge in [0.25, 0.3) is 11.7 Å². The van der Waals surface area contributed by atoms with Gasteiger partial charge >= 0.3 is 0 Å². The first-order chi connectivity index (χ1) is 17.4. The maximum Gasteiger partial charge on any atom is 0.295 e. The zero-order valence-electron chi connectivity index (χ0n) is 20.6. The van der Waals surface area contributed by atoms with Crippen molar-refractivity contribution in [3.05, 3.63) is 101 Å². The Morgan fingerprint density at radius 2 is 1.69 bits per heavy atom. The second-order valence-corrected chi connectivity index (χ2v) is 8.51. The molecule has 1 aliphatic rings. The number of likely N-dealkylation sites (tertiary alicyclic amines) is 1. The third-order valence-electron chi connectivity index (χ3n) is 6.19. The lowest BCUT2D eigenvalue weighted by atomic mass is 9.94. The van der Waals surface area contributed by atoms with E-state index in [1.54, 1.807) is 37.4 Å². The van der Waals surface area contributed by atoms with Crippen molar-refractivity contribution < 1.29 is 28.9 Å². The van der Waals surface area contributed by atoms with Crippen LogP contribution < -0.4 is 9.47 Å². The molecular formula is C29H29NO6. The first-order valence-electron chi connectivity index (χ1n) is 11.6. The summed E-state index contributed by atoms with van der Waals surface area (Å²) in [5, 5.41) is 11.2. The first kappa shape index (κ1) is 25.0. The third kappa shape index (κ3) is 5.11. The molecule has 7 nitrogen and oxygen atoms in total. The molecule has 1 atom stereocenters. The van der Waals surface area contributed by atoms with E-state index in [0.29, 0.717) is 29.2 Å². The summed E-state index contributed by atoms with van der Waals surface area (Å²) in [6, 6.07) is 21.4. The summed E-state index contributed by atoms with van der Waals surface area (Å²) < 4.78 is 16.4. The zero-order chi connectivity index (χ0) is 25.7. The minimum Gasteiger partial charge on any atom is -0.507 e. The van der Waals surface area contributed by atoms with Crippen molar-refractivity contribution in [2.75, 3.05) is 27.4 Å². The topological polar surface area (TPSA) is 85.3 Å². The number of Topliss-reactive ketones (excluding diaryl/α,β-unsaturated/α-hetero) is 1. The largest absolute Gasteiger partial charge is 0.507 e. The number of benzene rings is 3. The van der Waals surface area contributed by atoms with Crippen LogP contribution in [-0.2, 0) is 20.9 Å². The van der Waals surface area contributed by atoms with Gasteiger partial charge in [-0.3, -0.25) is 9.59 Å². The maximum absolute atomic E-state index is 13.1. The summed E-state index contributed by atoms with van der Waals surface area (Å²) in [4.78, 5) is 27.5. The number of carbonyl (C=O) groups is 2. The van der Waals surface area contributed by atoms with Gasteiger partial charge in [0.2, 0.25) is 0 Å². The Morgan fingerprint density at radius 3 is 2.33 bits per heavy atom. The Bertz CT molecular complexity index is 1270. The minimum atomic E-state index is -0.759. The number of rotatable bonds is 9. The summed E-state index contributed by atoms with van der Waals surface area (Å²) >= 11 is 0. The van der Waals surface area contributed by atoms with E-state index in [1.165, 1.54) is 12.0 Å². The summed E-state index contributed by atoms with van der Waals surface area (Å²) in [6.45, 7) is 2.72. The summed E-state index contributed by atoms with van der Waals surface area (Å²) in [5.41, 5.74) is 3.00. The molecular weight excluding hydrogens is 458 g/mol. The van der Waals surface area contributed by atoms with Crippen molar-refractivity contribution >= 4 is 17.4 Å². The lowest BCUT2D eigenvalue weighted by Gasteiger charge is -2.25. The van der Waals surface area contributed by atoms with Crippen LogP contribution in [0.15, 0.2) is 78.4 Å². The van der Waals surface area contributed by atoms with Gasteiger partial charge in [-0.25, -0.2) is 0 Å². The predicted molar refractivity (Wildman–Crippen MR) is 136 cm³/mol. The first-order valence-corrected chi connectivity index (χ1v) is 11.6. The normalized spacial score (nSPS) is 16.9. The number of methoxy groups -OCH3 is 2. The number of hydrogen-bond donors (Lipinski definition) is 1. The van der Waals surface area contributed by atoms with Gasteiger partial charge < -0.3 is 24.2 Å². The molecule has 4 rings (SSSR count). The second-order valence-electron chi connectivity index (χ2n) is 8.51. The molecule has 3 aromatic carbocycles. The molecule has 1 unspecified atom stereocenters. The molecule has 0 spiro atoms. The molecule has 3 aromatic rings. The molecule has 0 aromatic heterocycles. The number of hydrogen-bond acceptors (Lipinski definition) is 6. The average molecular weight is 488 g/mol. The van der Waals surface area contributed by atoms with Crippen LogP contribution in [0.5, 0.6) is 11.5 Å². The fourth-order valence-electron chi connectivity index (χ4n) is 4.32. The fourth-order valence-corrected chi connectivity index (χ4v) is 4.32. The van der Waals surface area contributed by atoms with Crippen molar-refractivity contribution in [2.24, 2.45) is 0 Å². The van der Waals surface area contributed by atoms with E-state index in [2.05, 4.69) is 0 Å². The Kier molecular flexibility index (Phi) is 7.71. The molecule has 0 radical (unpaired) electrons. The summed E-state index contributed by atoms with van der Waals surface area (Å²) in [7, 11) is 3.10. The smallest absolute Gasteiger partial charge is 0.295 e. The maximum atomic E-state index is 13.1. The van der Waals surface area contributed by atoms with Crippen molar-refractivity contribution in [3.63, 3.8) is 0 Å². The predicted octanol–water partition coefficient (Wildman–Crippen LogP) is 4.65. The highest BCUT2D eigenvalue weighted by molar-refractivity contribution is 6.46. The van der Waals surface area contributed by atoms with Crippen LogP contribution in [0.4, 0.5) is 0 Å². The van der Waals surface area contributed by atoms with Crippen LogP contribution in [0.2, 0.25) is 0 Å².